The van der Waals surface area contributed by atoms with Gasteiger partial charge in [0, 0.05) is 0 Å². The highest BCUT2D eigenvalue weighted by Gasteiger charge is 2.14. The van der Waals surface area contributed by atoms with Crippen LogP contribution in [0.15, 0.2) is 24.3 Å². The van der Waals surface area contributed by atoms with Gasteiger partial charge in [-0.15, -0.1) is 0 Å². The summed E-state index contributed by atoms with van der Waals surface area (Å²) in [6, 6.07) is 6.13. The summed E-state index contributed by atoms with van der Waals surface area (Å²) in [6.45, 7) is 3.55. The maximum Gasteiger partial charge on any atom is 0.320 e. The van der Waals surface area contributed by atoms with E-state index in [9.17, 15) is 9.59 Å². The Balaban J connectivity index is 0.000000362. The van der Waals surface area contributed by atoms with Crippen molar-refractivity contribution in [1.29, 1.82) is 0 Å². The maximum absolute atomic E-state index is 10.7. The van der Waals surface area contributed by atoms with Crippen LogP contribution in [0.4, 0.5) is 0 Å². The summed E-state index contributed by atoms with van der Waals surface area (Å²) in [5, 5.41) is 8.23. The summed E-state index contributed by atoms with van der Waals surface area (Å²) in [4.78, 5) is 20.7. The third kappa shape index (κ3) is 5.87. The lowest BCUT2D eigenvalue weighted by Gasteiger charge is -2.07. The van der Waals surface area contributed by atoms with Crippen LogP contribution in [0.25, 0.3) is 0 Å². The Kier molecular flexibility index (Phi) is 7.21. The normalized spacial score (nSPS) is 11.2. The lowest BCUT2D eigenvalue weighted by Crippen LogP contribution is -2.34. The number of carbonyl (C=O) groups is 2. The number of benzene rings is 1. The molecule has 6 nitrogen and oxygen atoms in total. The molecule has 1 aromatic carbocycles. The molecule has 19 heavy (non-hydrogen) atoms. The van der Waals surface area contributed by atoms with Gasteiger partial charge in [-0.25, -0.2) is 0 Å². The Labute approximate surface area is 112 Å². The van der Waals surface area contributed by atoms with Crippen LogP contribution in [0.3, 0.4) is 0 Å². The molecule has 6 heteroatoms. The van der Waals surface area contributed by atoms with Gasteiger partial charge in [-0.1, -0.05) is 26.0 Å². The van der Waals surface area contributed by atoms with E-state index in [2.05, 4.69) is 0 Å². The Morgan fingerprint density at radius 3 is 2.05 bits per heavy atom. The standard InChI is InChI=1S/C8H9NO2.C5H11NO2/c1-11-7-5-3-2-4-6(7)8(9)10;1-3(2)4(6)5(7)8/h2-5H,1H3,(H2,9,10);3-4H,6H2,1-2H3,(H,7,8)/t;4-/m.0/s1. The van der Waals surface area contributed by atoms with E-state index in [0.717, 1.165) is 0 Å². The van der Waals surface area contributed by atoms with Gasteiger partial charge in [0.2, 0.25) is 0 Å². The van der Waals surface area contributed by atoms with Crippen LogP contribution in [0, 0.1) is 5.92 Å². The van der Waals surface area contributed by atoms with Crippen LogP contribution < -0.4 is 16.2 Å². The monoisotopic (exact) mass is 268 g/mol. The lowest BCUT2D eigenvalue weighted by molar-refractivity contribution is -0.139. The van der Waals surface area contributed by atoms with Crippen molar-refractivity contribution in [2.45, 2.75) is 19.9 Å². The molecule has 1 aromatic rings. The molecule has 0 aliphatic carbocycles. The van der Waals surface area contributed by atoms with Gasteiger partial charge in [-0.05, 0) is 18.1 Å². The van der Waals surface area contributed by atoms with Crippen LogP contribution in [0.5, 0.6) is 5.75 Å². The van der Waals surface area contributed by atoms with Gasteiger partial charge in [0.25, 0.3) is 5.91 Å². The Hall–Kier alpha value is -2.08. The van der Waals surface area contributed by atoms with E-state index in [1.807, 2.05) is 0 Å². The van der Waals surface area contributed by atoms with E-state index in [1.54, 1.807) is 38.1 Å². The molecule has 1 amide bonds. The van der Waals surface area contributed by atoms with Gasteiger partial charge >= 0.3 is 5.97 Å². The number of aliphatic carboxylic acids is 1. The minimum Gasteiger partial charge on any atom is -0.496 e. The van der Waals surface area contributed by atoms with E-state index < -0.39 is 17.9 Å². The number of methoxy groups -OCH3 is 1. The van der Waals surface area contributed by atoms with Crippen molar-refractivity contribution in [1.82, 2.24) is 0 Å². The SMILES string of the molecule is CC(C)[C@H](N)C(=O)O.COc1ccccc1C(N)=O. The van der Waals surface area contributed by atoms with Gasteiger partial charge in [-0.3, -0.25) is 9.59 Å². The first-order chi connectivity index (χ1) is 8.81. The second-order valence-electron chi connectivity index (χ2n) is 4.17. The van der Waals surface area contributed by atoms with Crippen molar-refractivity contribution < 1.29 is 19.4 Å². The molecule has 106 valence electrons. The van der Waals surface area contributed by atoms with Crippen molar-refractivity contribution in [3.63, 3.8) is 0 Å². The summed E-state index contributed by atoms with van der Waals surface area (Å²) in [5.74, 6) is -0.866. The molecule has 1 rings (SSSR count). The van der Waals surface area contributed by atoms with Crippen molar-refractivity contribution in [2.24, 2.45) is 17.4 Å². The highest BCUT2D eigenvalue weighted by molar-refractivity contribution is 5.95. The number of carboxylic acid groups (broad SMARTS) is 1. The molecular formula is C13H20N2O4. The number of nitrogens with two attached hydrogens (primary N) is 2. The Morgan fingerprint density at radius 2 is 1.79 bits per heavy atom. The zero-order chi connectivity index (χ0) is 15.0. The van der Waals surface area contributed by atoms with E-state index in [4.69, 9.17) is 21.3 Å². The van der Waals surface area contributed by atoms with Crippen LogP contribution >= 0.6 is 0 Å². The van der Waals surface area contributed by atoms with Gasteiger partial charge < -0.3 is 21.3 Å². The van der Waals surface area contributed by atoms with Gasteiger partial charge in [-0.2, -0.15) is 0 Å². The average Bonchev–Trinajstić information content (AvgIpc) is 2.38. The second kappa shape index (κ2) is 8.10. The van der Waals surface area contributed by atoms with E-state index in [1.165, 1.54) is 7.11 Å². The molecule has 0 aliphatic heterocycles. The van der Waals surface area contributed by atoms with Crippen LogP contribution in [0.1, 0.15) is 24.2 Å². The number of hydrogen-bond acceptors (Lipinski definition) is 4. The molecule has 0 bridgehead atoms. The first-order valence-electron chi connectivity index (χ1n) is 5.72. The largest absolute Gasteiger partial charge is 0.496 e. The Morgan fingerprint density at radius 1 is 1.26 bits per heavy atom. The molecule has 0 fully saturated rings. The van der Waals surface area contributed by atoms with Gasteiger partial charge in [0.05, 0.1) is 12.7 Å². The van der Waals surface area contributed by atoms with Crippen LogP contribution in [-0.4, -0.2) is 30.1 Å². The topological polar surface area (TPSA) is 116 Å². The molecule has 0 saturated heterocycles. The van der Waals surface area contributed by atoms with E-state index in [0.29, 0.717) is 11.3 Å². The summed E-state index contributed by atoms with van der Waals surface area (Å²) < 4.78 is 4.91. The van der Waals surface area contributed by atoms with E-state index >= 15 is 0 Å². The molecule has 0 aliphatic rings. The zero-order valence-electron chi connectivity index (χ0n) is 11.3. The summed E-state index contributed by atoms with van der Waals surface area (Å²) in [6.07, 6.45) is 0. The molecule has 0 aromatic heterocycles. The number of amides is 1. The summed E-state index contributed by atoms with van der Waals surface area (Å²) >= 11 is 0. The highest BCUT2D eigenvalue weighted by Crippen LogP contribution is 2.15. The highest BCUT2D eigenvalue weighted by atomic mass is 16.5. The summed E-state index contributed by atoms with van der Waals surface area (Å²) in [5.41, 5.74) is 10.6. The molecule has 5 N–H and O–H groups in total. The average molecular weight is 268 g/mol. The van der Waals surface area contributed by atoms with E-state index in [-0.39, 0.29) is 5.92 Å². The van der Waals surface area contributed by atoms with Crippen LogP contribution in [0.2, 0.25) is 0 Å². The second-order valence-corrected chi connectivity index (χ2v) is 4.17. The molecule has 0 saturated carbocycles. The third-order valence-electron chi connectivity index (χ3n) is 2.38. The fourth-order valence-electron chi connectivity index (χ4n) is 1.13. The first-order valence-corrected chi connectivity index (χ1v) is 5.72. The van der Waals surface area contributed by atoms with Crippen molar-refractivity contribution in [2.75, 3.05) is 7.11 Å². The molecule has 0 radical (unpaired) electrons. The number of rotatable bonds is 4. The minimum absolute atomic E-state index is 0.0208. The fraction of sp³-hybridized carbons (Fsp3) is 0.385. The number of para-hydroxylation sites is 1. The predicted molar refractivity (Wildman–Crippen MR) is 72.0 cm³/mol. The van der Waals surface area contributed by atoms with Crippen molar-refractivity contribution in [3.05, 3.63) is 29.8 Å². The molecule has 0 unspecified atom stereocenters. The van der Waals surface area contributed by atoms with Crippen molar-refractivity contribution >= 4 is 11.9 Å². The number of hydrogen-bond donors (Lipinski definition) is 3. The maximum atomic E-state index is 10.7. The molecule has 1 atom stereocenters. The number of carboxylic acids is 1. The third-order valence-corrected chi connectivity index (χ3v) is 2.38. The van der Waals surface area contributed by atoms with Gasteiger partial charge in [0.15, 0.2) is 0 Å². The first kappa shape index (κ1) is 16.9. The Bertz CT molecular complexity index is 432. The molecular weight excluding hydrogens is 248 g/mol. The number of carbonyl (C=O) groups excluding carboxylic acids is 1. The molecule has 0 heterocycles. The lowest BCUT2D eigenvalue weighted by atomic mass is 10.1. The number of primary amides is 1. The predicted octanol–water partition coefficient (Wildman–Crippen LogP) is 0.848. The van der Waals surface area contributed by atoms with Crippen molar-refractivity contribution in [3.8, 4) is 5.75 Å². The summed E-state index contributed by atoms with van der Waals surface area (Å²) in [7, 11) is 1.50. The minimum atomic E-state index is -0.931. The quantitative estimate of drug-likeness (QED) is 0.748. The zero-order valence-corrected chi connectivity index (χ0v) is 11.3. The number of ether oxygens (including phenoxy) is 1. The fourth-order valence-corrected chi connectivity index (χ4v) is 1.13. The van der Waals surface area contributed by atoms with Gasteiger partial charge in [0.1, 0.15) is 11.8 Å². The molecule has 0 spiro atoms. The van der Waals surface area contributed by atoms with Crippen LogP contribution in [-0.2, 0) is 4.79 Å². The smallest absolute Gasteiger partial charge is 0.320 e.